The van der Waals surface area contributed by atoms with Gasteiger partial charge < -0.3 is 14.8 Å². The molecule has 2 amide bonds. The normalized spacial score (nSPS) is 22.6. The minimum absolute atomic E-state index is 0.0549. The van der Waals surface area contributed by atoms with E-state index in [2.05, 4.69) is 14.9 Å². The monoisotopic (exact) mass is 338 g/mol. The van der Waals surface area contributed by atoms with E-state index in [1.165, 1.54) is 0 Å². The van der Waals surface area contributed by atoms with Crippen molar-refractivity contribution < 1.29 is 9.59 Å². The van der Waals surface area contributed by atoms with E-state index in [4.69, 9.17) is 0 Å². The van der Waals surface area contributed by atoms with Crippen molar-refractivity contribution in [3.05, 3.63) is 48.0 Å². The van der Waals surface area contributed by atoms with Gasteiger partial charge in [-0.05, 0) is 31.4 Å². The van der Waals surface area contributed by atoms with Gasteiger partial charge in [0.15, 0.2) is 0 Å². The summed E-state index contributed by atoms with van der Waals surface area (Å²) < 4.78 is 2.15. The Bertz CT molecular complexity index is 813. The number of aromatic nitrogens is 2. The molecule has 25 heavy (non-hydrogen) atoms. The predicted octanol–water partition coefficient (Wildman–Crippen LogP) is 2.48. The highest BCUT2D eigenvalue weighted by atomic mass is 16.2. The molecule has 1 fully saturated rings. The molecule has 0 bridgehead atoms. The van der Waals surface area contributed by atoms with E-state index >= 15 is 0 Å². The molecule has 3 heterocycles. The SMILES string of the molecule is Cc1nccn1[C@@H]1CCCN(C(=O)C[C@H]2C(=O)Nc3ccccc32)C1. The van der Waals surface area contributed by atoms with Crippen LogP contribution in [0.25, 0.3) is 0 Å². The molecular formula is C19H22N4O2. The predicted molar refractivity (Wildman–Crippen MR) is 94.2 cm³/mol. The Morgan fingerprint density at radius 1 is 1.36 bits per heavy atom. The lowest BCUT2D eigenvalue weighted by Gasteiger charge is -2.34. The zero-order chi connectivity index (χ0) is 17.4. The molecular weight excluding hydrogens is 316 g/mol. The number of fused-ring (bicyclic) bond motifs is 1. The largest absolute Gasteiger partial charge is 0.341 e. The summed E-state index contributed by atoms with van der Waals surface area (Å²) in [6.07, 6.45) is 6.04. The summed E-state index contributed by atoms with van der Waals surface area (Å²) in [6.45, 7) is 3.44. The number of carbonyl (C=O) groups is 2. The Morgan fingerprint density at radius 2 is 2.20 bits per heavy atom. The smallest absolute Gasteiger partial charge is 0.232 e. The number of piperidine rings is 1. The summed E-state index contributed by atoms with van der Waals surface area (Å²) in [4.78, 5) is 31.3. The van der Waals surface area contributed by atoms with Gasteiger partial charge in [0.1, 0.15) is 5.82 Å². The Morgan fingerprint density at radius 3 is 3.00 bits per heavy atom. The molecule has 1 aromatic heterocycles. The average Bonchev–Trinajstić information content (AvgIpc) is 3.18. The Hall–Kier alpha value is -2.63. The number of nitrogens with zero attached hydrogens (tertiary/aromatic N) is 3. The molecule has 0 radical (unpaired) electrons. The first-order valence-electron chi connectivity index (χ1n) is 8.80. The molecule has 4 rings (SSSR count). The topological polar surface area (TPSA) is 67.2 Å². The summed E-state index contributed by atoms with van der Waals surface area (Å²) in [5, 5.41) is 2.87. The quantitative estimate of drug-likeness (QED) is 0.935. The maximum absolute atomic E-state index is 12.8. The van der Waals surface area contributed by atoms with Crippen molar-refractivity contribution in [3.8, 4) is 0 Å². The van der Waals surface area contributed by atoms with Gasteiger partial charge in [0.05, 0.1) is 12.0 Å². The van der Waals surface area contributed by atoms with Crippen molar-refractivity contribution in [1.82, 2.24) is 14.5 Å². The number of rotatable bonds is 3. The first-order chi connectivity index (χ1) is 12.1. The second kappa shape index (κ2) is 6.35. The number of likely N-dealkylation sites (tertiary alicyclic amines) is 1. The zero-order valence-corrected chi connectivity index (χ0v) is 14.3. The molecule has 2 aliphatic rings. The Balaban J connectivity index is 1.46. The van der Waals surface area contributed by atoms with Crippen molar-refractivity contribution in [3.63, 3.8) is 0 Å². The standard InChI is InChI=1S/C19H22N4O2/c1-13-20-8-10-23(13)14-5-4-9-22(12-14)18(24)11-16-15-6-2-3-7-17(15)21-19(16)25/h2-3,6-8,10,14,16H,4-5,9,11-12H2,1H3,(H,21,25)/t14-,16-/m1/s1. The second-order valence-corrected chi connectivity index (χ2v) is 6.85. The molecule has 0 aliphatic carbocycles. The summed E-state index contributed by atoms with van der Waals surface area (Å²) in [5.41, 5.74) is 1.76. The Kier molecular flexibility index (Phi) is 4.03. The van der Waals surface area contributed by atoms with Crippen LogP contribution >= 0.6 is 0 Å². The van der Waals surface area contributed by atoms with E-state index in [0.29, 0.717) is 6.54 Å². The molecule has 2 atom stereocenters. The number of anilines is 1. The number of aryl methyl sites for hydroxylation is 1. The number of hydrogen-bond acceptors (Lipinski definition) is 3. The molecule has 0 spiro atoms. The number of imidazole rings is 1. The van der Waals surface area contributed by atoms with Gasteiger partial charge in [0.25, 0.3) is 0 Å². The van der Waals surface area contributed by atoms with Crippen molar-refractivity contribution >= 4 is 17.5 Å². The fourth-order valence-corrected chi connectivity index (χ4v) is 3.96. The molecule has 6 nitrogen and oxygen atoms in total. The van der Waals surface area contributed by atoms with Crippen molar-refractivity contribution in [2.75, 3.05) is 18.4 Å². The Labute approximate surface area is 146 Å². The van der Waals surface area contributed by atoms with Crippen LogP contribution in [0.2, 0.25) is 0 Å². The van der Waals surface area contributed by atoms with Crippen LogP contribution in [0.1, 0.15) is 42.6 Å². The summed E-state index contributed by atoms with van der Waals surface area (Å²) in [6, 6.07) is 7.89. The van der Waals surface area contributed by atoms with Crippen LogP contribution in [0.3, 0.4) is 0 Å². The van der Waals surface area contributed by atoms with E-state index < -0.39 is 0 Å². The van der Waals surface area contributed by atoms with Gasteiger partial charge in [-0.1, -0.05) is 18.2 Å². The summed E-state index contributed by atoms with van der Waals surface area (Å²) >= 11 is 0. The van der Waals surface area contributed by atoms with Crippen LogP contribution in [0.5, 0.6) is 0 Å². The number of hydrogen-bond donors (Lipinski definition) is 1. The van der Waals surface area contributed by atoms with Crippen LogP contribution in [-0.4, -0.2) is 39.4 Å². The number of para-hydroxylation sites is 1. The van der Waals surface area contributed by atoms with Crippen molar-refractivity contribution in [2.45, 2.75) is 38.1 Å². The molecule has 1 aromatic carbocycles. The summed E-state index contributed by atoms with van der Waals surface area (Å²) in [5.74, 6) is 0.579. The van der Waals surface area contributed by atoms with E-state index in [1.807, 2.05) is 42.3 Å². The van der Waals surface area contributed by atoms with Gasteiger partial charge in [-0.3, -0.25) is 9.59 Å². The fourth-order valence-electron chi connectivity index (χ4n) is 3.96. The molecule has 0 saturated carbocycles. The average molecular weight is 338 g/mol. The lowest BCUT2D eigenvalue weighted by Crippen LogP contribution is -2.41. The minimum atomic E-state index is -0.376. The van der Waals surface area contributed by atoms with Gasteiger partial charge in [0.2, 0.25) is 11.8 Å². The van der Waals surface area contributed by atoms with E-state index in [-0.39, 0.29) is 30.2 Å². The van der Waals surface area contributed by atoms with Crippen LogP contribution in [0.15, 0.2) is 36.7 Å². The van der Waals surface area contributed by atoms with Gasteiger partial charge in [0, 0.05) is 37.6 Å². The van der Waals surface area contributed by atoms with E-state index in [0.717, 1.165) is 36.5 Å². The van der Waals surface area contributed by atoms with Crippen LogP contribution in [0.4, 0.5) is 5.69 Å². The first-order valence-corrected chi connectivity index (χ1v) is 8.80. The number of benzene rings is 1. The fraction of sp³-hybridized carbons (Fsp3) is 0.421. The van der Waals surface area contributed by atoms with Gasteiger partial charge in [-0.25, -0.2) is 4.98 Å². The van der Waals surface area contributed by atoms with Crippen LogP contribution in [0, 0.1) is 6.92 Å². The second-order valence-electron chi connectivity index (χ2n) is 6.85. The molecule has 1 N–H and O–H groups in total. The molecule has 0 unspecified atom stereocenters. The molecule has 2 aliphatic heterocycles. The molecule has 2 aromatic rings. The lowest BCUT2D eigenvalue weighted by atomic mass is 9.95. The minimum Gasteiger partial charge on any atom is -0.341 e. The third-order valence-electron chi connectivity index (χ3n) is 5.29. The van der Waals surface area contributed by atoms with Gasteiger partial charge in [-0.15, -0.1) is 0 Å². The number of carbonyl (C=O) groups excluding carboxylic acids is 2. The highest BCUT2D eigenvalue weighted by Crippen LogP contribution is 2.35. The van der Waals surface area contributed by atoms with Crippen molar-refractivity contribution in [2.24, 2.45) is 0 Å². The number of amides is 2. The maximum atomic E-state index is 12.8. The van der Waals surface area contributed by atoms with Crippen LogP contribution < -0.4 is 5.32 Å². The highest BCUT2D eigenvalue weighted by Gasteiger charge is 2.34. The molecule has 1 saturated heterocycles. The van der Waals surface area contributed by atoms with E-state index in [9.17, 15) is 9.59 Å². The third kappa shape index (κ3) is 2.92. The van der Waals surface area contributed by atoms with Gasteiger partial charge >= 0.3 is 0 Å². The van der Waals surface area contributed by atoms with E-state index in [1.54, 1.807) is 6.20 Å². The van der Waals surface area contributed by atoms with Crippen LogP contribution in [-0.2, 0) is 9.59 Å². The molecule has 130 valence electrons. The zero-order valence-electron chi connectivity index (χ0n) is 14.3. The first kappa shape index (κ1) is 15.9. The summed E-state index contributed by atoms with van der Waals surface area (Å²) in [7, 11) is 0. The lowest BCUT2D eigenvalue weighted by molar-refractivity contribution is -0.134. The van der Waals surface area contributed by atoms with Gasteiger partial charge in [-0.2, -0.15) is 0 Å². The van der Waals surface area contributed by atoms with Crippen molar-refractivity contribution in [1.29, 1.82) is 0 Å². The highest BCUT2D eigenvalue weighted by molar-refractivity contribution is 6.04. The number of nitrogens with one attached hydrogen (secondary N) is 1. The third-order valence-corrected chi connectivity index (χ3v) is 5.29. The maximum Gasteiger partial charge on any atom is 0.232 e. The molecule has 6 heteroatoms.